The zero-order valence-electron chi connectivity index (χ0n) is 17.9. The monoisotopic (exact) mass is 418 g/mol. The number of carbonyl (C=O) groups is 1. The van der Waals surface area contributed by atoms with Gasteiger partial charge in [0.05, 0.1) is 29.2 Å². The Labute approximate surface area is 180 Å². The molecular weight excluding hydrogens is 392 g/mol. The predicted octanol–water partition coefficient (Wildman–Crippen LogP) is 3.65. The molecule has 0 spiro atoms. The van der Waals surface area contributed by atoms with Crippen LogP contribution in [0.5, 0.6) is 0 Å². The molecule has 0 aliphatic rings. The van der Waals surface area contributed by atoms with E-state index in [1.165, 1.54) is 4.57 Å². The van der Waals surface area contributed by atoms with Crippen molar-refractivity contribution in [2.75, 3.05) is 13.7 Å². The Kier molecular flexibility index (Phi) is 5.86. The summed E-state index contributed by atoms with van der Waals surface area (Å²) in [7, 11) is 1.58. The van der Waals surface area contributed by atoms with Crippen LogP contribution in [0, 0.1) is 5.92 Å². The molecule has 2 N–H and O–H groups in total. The summed E-state index contributed by atoms with van der Waals surface area (Å²) in [5.41, 5.74) is 2.10. The maximum atomic E-state index is 13.4. The number of ether oxygens (including phenoxy) is 1. The SMILES string of the molecule is COCCn1cc(C(=O)N[C@H](c2nc3ccccc3[nH]2)C(C)C)c2ccccc2c1=O. The van der Waals surface area contributed by atoms with Gasteiger partial charge in [0.2, 0.25) is 0 Å². The quantitative estimate of drug-likeness (QED) is 0.479. The number of methoxy groups -OCH3 is 1. The Morgan fingerprint density at radius 1 is 1.13 bits per heavy atom. The summed E-state index contributed by atoms with van der Waals surface area (Å²) in [6.45, 7) is 4.83. The summed E-state index contributed by atoms with van der Waals surface area (Å²) in [5.74, 6) is 0.568. The lowest BCUT2D eigenvalue weighted by atomic mass is 10.0. The number of imidazole rings is 1. The highest BCUT2D eigenvalue weighted by Gasteiger charge is 2.24. The van der Waals surface area contributed by atoms with Gasteiger partial charge in [0.25, 0.3) is 11.5 Å². The fraction of sp³-hybridized carbons (Fsp3) is 0.292. The lowest BCUT2D eigenvalue weighted by Gasteiger charge is -2.21. The van der Waals surface area contributed by atoms with Crippen molar-refractivity contribution in [1.29, 1.82) is 0 Å². The van der Waals surface area contributed by atoms with Gasteiger partial charge in [0.1, 0.15) is 5.82 Å². The summed E-state index contributed by atoms with van der Waals surface area (Å²) < 4.78 is 6.66. The van der Waals surface area contributed by atoms with Crippen LogP contribution < -0.4 is 10.9 Å². The number of benzene rings is 2. The maximum Gasteiger partial charge on any atom is 0.258 e. The summed E-state index contributed by atoms with van der Waals surface area (Å²) in [6, 6.07) is 14.7. The van der Waals surface area contributed by atoms with Gasteiger partial charge in [-0.2, -0.15) is 0 Å². The summed E-state index contributed by atoms with van der Waals surface area (Å²) in [5, 5.41) is 4.27. The lowest BCUT2D eigenvalue weighted by Crippen LogP contribution is -2.34. The maximum absolute atomic E-state index is 13.4. The van der Waals surface area contributed by atoms with Crippen LogP contribution in [0.25, 0.3) is 21.8 Å². The summed E-state index contributed by atoms with van der Waals surface area (Å²) >= 11 is 0. The summed E-state index contributed by atoms with van der Waals surface area (Å²) in [6.07, 6.45) is 1.62. The molecule has 2 aromatic heterocycles. The number of fused-ring (bicyclic) bond motifs is 2. The number of carbonyl (C=O) groups excluding carboxylic acids is 1. The highest BCUT2D eigenvalue weighted by molar-refractivity contribution is 6.06. The van der Waals surface area contributed by atoms with Gasteiger partial charge in [0, 0.05) is 30.6 Å². The smallest absolute Gasteiger partial charge is 0.258 e. The number of hydrogen-bond donors (Lipinski definition) is 2. The van der Waals surface area contributed by atoms with E-state index in [0.29, 0.717) is 35.3 Å². The van der Waals surface area contributed by atoms with E-state index in [4.69, 9.17) is 4.74 Å². The van der Waals surface area contributed by atoms with Crippen LogP contribution in [0.15, 0.2) is 59.5 Å². The highest BCUT2D eigenvalue weighted by Crippen LogP contribution is 2.24. The third-order valence-corrected chi connectivity index (χ3v) is 5.43. The van der Waals surface area contributed by atoms with Crippen LogP contribution in [-0.4, -0.2) is 34.2 Å². The van der Waals surface area contributed by atoms with Crippen molar-refractivity contribution < 1.29 is 9.53 Å². The highest BCUT2D eigenvalue weighted by atomic mass is 16.5. The Morgan fingerprint density at radius 2 is 1.84 bits per heavy atom. The molecule has 160 valence electrons. The van der Waals surface area contributed by atoms with E-state index in [1.807, 2.05) is 44.2 Å². The van der Waals surface area contributed by atoms with E-state index in [0.717, 1.165) is 11.0 Å². The van der Waals surface area contributed by atoms with E-state index in [9.17, 15) is 9.59 Å². The van der Waals surface area contributed by atoms with Gasteiger partial charge in [-0.1, -0.05) is 44.2 Å². The number of para-hydroxylation sites is 2. The van der Waals surface area contributed by atoms with Crippen molar-refractivity contribution >= 4 is 27.7 Å². The van der Waals surface area contributed by atoms with E-state index < -0.39 is 0 Å². The first kappa shape index (κ1) is 20.8. The fourth-order valence-electron chi connectivity index (χ4n) is 3.77. The van der Waals surface area contributed by atoms with Gasteiger partial charge in [-0.05, 0) is 24.1 Å². The zero-order valence-corrected chi connectivity index (χ0v) is 17.9. The van der Waals surface area contributed by atoms with E-state index in [2.05, 4.69) is 15.3 Å². The van der Waals surface area contributed by atoms with Crippen LogP contribution in [0.4, 0.5) is 0 Å². The molecule has 4 aromatic rings. The zero-order chi connectivity index (χ0) is 22.0. The molecule has 2 aromatic carbocycles. The van der Waals surface area contributed by atoms with Gasteiger partial charge in [0.15, 0.2) is 0 Å². The number of H-pyrrole nitrogens is 1. The van der Waals surface area contributed by atoms with Gasteiger partial charge in [-0.3, -0.25) is 9.59 Å². The minimum absolute atomic E-state index is 0.107. The minimum atomic E-state index is -0.307. The van der Waals surface area contributed by atoms with Gasteiger partial charge < -0.3 is 19.6 Å². The number of nitrogens with zero attached hydrogens (tertiary/aromatic N) is 2. The van der Waals surface area contributed by atoms with Crippen LogP contribution in [0.1, 0.15) is 36.1 Å². The first-order valence-corrected chi connectivity index (χ1v) is 10.4. The van der Waals surface area contributed by atoms with E-state index in [1.54, 1.807) is 31.5 Å². The van der Waals surface area contributed by atoms with Crippen molar-refractivity contribution in [2.24, 2.45) is 5.92 Å². The van der Waals surface area contributed by atoms with E-state index in [-0.39, 0.29) is 23.4 Å². The predicted molar refractivity (Wildman–Crippen MR) is 121 cm³/mol. The molecule has 0 radical (unpaired) electrons. The number of aromatic nitrogens is 3. The van der Waals surface area contributed by atoms with Crippen LogP contribution >= 0.6 is 0 Å². The van der Waals surface area contributed by atoms with Gasteiger partial charge >= 0.3 is 0 Å². The second kappa shape index (κ2) is 8.73. The normalized spacial score (nSPS) is 12.5. The summed E-state index contributed by atoms with van der Waals surface area (Å²) in [4.78, 5) is 34.2. The molecular formula is C24H26N4O3. The molecule has 0 bridgehead atoms. The fourth-order valence-corrected chi connectivity index (χ4v) is 3.77. The van der Waals surface area contributed by atoms with Crippen molar-refractivity contribution in [3.63, 3.8) is 0 Å². The minimum Gasteiger partial charge on any atom is -0.383 e. The average molecular weight is 418 g/mol. The largest absolute Gasteiger partial charge is 0.383 e. The molecule has 7 heteroatoms. The number of pyridine rings is 1. The van der Waals surface area contributed by atoms with Crippen LogP contribution in [0.3, 0.4) is 0 Å². The molecule has 4 rings (SSSR count). The number of rotatable bonds is 7. The lowest BCUT2D eigenvalue weighted by molar-refractivity contribution is 0.0924. The Morgan fingerprint density at radius 3 is 2.55 bits per heavy atom. The molecule has 2 heterocycles. The Hall–Kier alpha value is -3.45. The second-order valence-electron chi connectivity index (χ2n) is 7.91. The number of nitrogens with one attached hydrogen (secondary N) is 2. The molecule has 1 atom stereocenters. The molecule has 1 amide bonds. The number of aromatic amines is 1. The van der Waals surface area contributed by atoms with Gasteiger partial charge in [-0.25, -0.2) is 4.98 Å². The molecule has 0 saturated carbocycles. The standard InChI is InChI=1S/C24H26N4O3/c1-15(2)21(22-25-19-10-6-7-11-20(19)26-22)27-23(29)18-14-28(12-13-31-3)24(30)17-9-5-4-8-16(17)18/h4-11,14-15,21H,12-13H2,1-3H3,(H,25,26)(H,27,29)/t21-/m0/s1. The number of amides is 1. The number of hydrogen-bond acceptors (Lipinski definition) is 4. The molecule has 0 unspecified atom stereocenters. The molecule has 31 heavy (non-hydrogen) atoms. The first-order chi connectivity index (χ1) is 15.0. The second-order valence-corrected chi connectivity index (χ2v) is 7.91. The first-order valence-electron chi connectivity index (χ1n) is 10.4. The van der Waals surface area contributed by atoms with Gasteiger partial charge in [-0.15, -0.1) is 0 Å². The van der Waals surface area contributed by atoms with Crippen LogP contribution in [0.2, 0.25) is 0 Å². The van der Waals surface area contributed by atoms with Crippen molar-refractivity contribution in [3.05, 3.63) is 76.5 Å². The van der Waals surface area contributed by atoms with Crippen molar-refractivity contribution in [1.82, 2.24) is 19.9 Å². The molecule has 0 aliphatic heterocycles. The third kappa shape index (κ3) is 4.09. The molecule has 0 aliphatic carbocycles. The van der Waals surface area contributed by atoms with Crippen LogP contribution in [-0.2, 0) is 11.3 Å². The van der Waals surface area contributed by atoms with Crippen molar-refractivity contribution in [3.8, 4) is 0 Å². The molecule has 0 fully saturated rings. The van der Waals surface area contributed by atoms with Crippen molar-refractivity contribution in [2.45, 2.75) is 26.4 Å². The Bertz CT molecular complexity index is 1260. The molecule has 7 nitrogen and oxygen atoms in total. The molecule has 0 saturated heterocycles. The van der Waals surface area contributed by atoms with E-state index >= 15 is 0 Å². The Balaban J connectivity index is 1.73. The third-order valence-electron chi connectivity index (χ3n) is 5.43. The topological polar surface area (TPSA) is 89.0 Å². The average Bonchev–Trinajstić information content (AvgIpc) is 3.20.